The molecule has 1 atom stereocenters. The van der Waals surface area contributed by atoms with Crippen molar-refractivity contribution in [3.05, 3.63) is 157 Å². The van der Waals surface area contributed by atoms with Crippen LogP contribution in [0.25, 0.3) is 32.9 Å². The van der Waals surface area contributed by atoms with Gasteiger partial charge in [-0.2, -0.15) is 0 Å². The number of para-hydroxylation sites is 5. The van der Waals surface area contributed by atoms with E-state index in [0.717, 1.165) is 62.1 Å². The maximum atomic E-state index is 5.43. The van der Waals surface area contributed by atoms with Gasteiger partial charge in [0.1, 0.15) is 0 Å². The fraction of sp³-hybridized carbons (Fsp3) is 0.0732. The van der Waals surface area contributed by atoms with Gasteiger partial charge in [-0.15, -0.1) is 0 Å². The number of anilines is 6. The molecule has 0 amide bonds. The highest BCUT2D eigenvalue weighted by Gasteiger charge is 2.33. The van der Waals surface area contributed by atoms with Crippen molar-refractivity contribution in [2.24, 2.45) is 0 Å². The molecule has 6 nitrogen and oxygen atoms in total. The van der Waals surface area contributed by atoms with Gasteiger partial charge in [0.15, 0.2) is 0 Å². The number of hydrogen-bond donors (Lipinski definition) is 0. The molecule has 2 aromatic heterocycles. The normalized spacial score (nSPS) is 15.4. The number of allylic oxidation sites excluding steroid dienone is 4. The Labute approximate surface area is 273 Å². The molecule has 0 saturated carbocycles. The van der Waals surface area contributed by atoms with Crippen LogP contribution >= 0.6 is 0 Å². The lowest BCUT2D eigenvalue weighted by Crippen LogP contribution is -2.26. The number of hydrogen-bond acceptors (Lipinski definition) is 6. The van der Waals surface area contributed by atoms with Crippen molar-refractivity contribution in [3.63, 3.8) is 0 Å². The molecule has 0 saturated heterocycles. The van der Waals surface area contributed by atoms with E-state index < -0.39 is 0 Å². The van der Waals surface area contributed by atoms with Crippen LogP contribution in [0.1, 0.15) is 24.8 Å². The van der Waals surface area contributed by atoms with Gasteiger partial charge < -0.3 is 0 Å². The Kier molecular flexibility index (Phi) is 6.38. The molecular formula is C41H30N6. The van der Waals surface area contributed by atoms with E-state index in [-0.39, 0.29) is 5.92 Å². The molecule has 0 spiro atoms. The van der Waals surface area contributed by atoms with Crippen LogP contribution in [0.15, 0.2) is 151 Å². The van der Waals surface area contributed by atoms with Gasteiger partial charge in [0.25, 0.3) is 0 Å². The molecule has 7 aromatic rings. The standard InChI is InChI=1S/C41H30N6/c1-27-19-21-29(22-20-27)32-24-23-31(28-11-3-2-4-12-28)33-26-43-41(45-39(32)33)47-37-17-9-7-15-35(37)46(36-16-8-10-18-38(36)47)40-42-25-30-13-5-6-14-34(30)44-40/h2-21,23-26,29H,22H2,1H3. The number of fused-ring (bicyclic) bond motifs is 4. The van der Waals surface area contributed by atoms with Crippen molar-refractivity contribution >= 4 is 56.5 Å². The highest BCUT2D eigenvalue weighted by atomic mass is 15.4. The van der Waals surface area contributed by atoms with Crippen LogP contribution in [0.2, 0.25) is 0 Å². The minimum Gasteiger partial charge on any atom is -0.275 e. The third kappa shape index (κ3) is 4.57. The van der Waals surface area contributed by atoms with Crippen molar-refractivity contribution in [2.75, 3.05) is 9.80 Å². The minimum atomic E-state index is 0.232. The second-order valence-corrected chi connectivity index (χ2v) is 12.0. The molecule has 2 aliphatic rings. The Hall–Kier alpha value is -6.14. The first-order valence-electron chi connectivity index (χ1n) is 15.9. The minimum absolute atomic E-state index is 0.232. The summed E-state index contributed by atoms with van der Waals surface area (Å²) in [5.41, 5.74) is 10.5. The van der Waals surface area contributed by atoms with Crippen LogP contribution < -0.4 is 9.80 Å². The Balaban J connectivity index is 1.25. The van der Waals surface area contributed by atoms with Crippen LogP contribution in [0.4, 0.5) is 34.6 Å². The maximum absolute atomic E-state index is 5.43. The molecule has 5 aromatic carbocycles. The Morgan fingerprint density at radius 2 is 1.23 bits per heavy atom. The van der Waals surface area contributed by atoms with Gasteiger partial charge in [-0.1, -0.05) is 109 Å². The van der Waals surface area contributed by atoms with Gasteiger partial charge in [-0.3, -0.25) is 9.80 Å². The van der Waals surface area contributed by atoms with Crippen molar-refractivity contribution < 1.29 is 0 Å². The van der Waals surface area contributed by atoms with Crippen molar-refractivity contribution in [1.82, 2.24) is 19.9 Å². The zero-order valence-corrected chi connectivity index (χ0v) is 25.8. The molecule has 224 valence electrons. The number of nitrogens with zero attached hydrogens (tertiary/aromatic N) is 6. The molecule has 47 heavy (non-hydrogen) atoms. The Morgan fingerprint density at radius 3 is 1.91 bits per heavy atom. The first-order valence-corrected chi connectivity index (χ1v) is 15.9. The summed E-state index contributed by atoms with van der Waals surface area (Å²) in [5, 5.41) is 2.05. The number of benzene rings is 5. The summed E-state index contributed by atoms with van der Waals surface area (Å²) < 4.78 is 0. The third-order valence-corrected chi connectivity index (χ3v) is 9.14. The molecule has 0 bridgehead atoms. The SMILES string of the molecule is CC1=CCC(c2ccc(-c3ccccc3)c3cnc(N4c5ccccc5N(c5ncc6ccccc6n5)c5ccccc54)nc23)C=C1. The second-order valence-electron chi connectivity index (χ2n) is 12.0. The van der Waals surface area contributed by atoms with E-state index in [4.69, 9.17) is 19.9 Å². The number of aromatic nitrogens is 4. The summed E-state index contributed by atoms with van der Waals surface area (Å²) in [6, 6.07) is 39.7. The highest BCUT2D eigenvalue weighted by molar-refractivity contribution is 6.02. The molecule has 0 radical (unpaired) electrons. The first-order chi connectivity index (χ1) is 23.2. The zero-order valence-electron chi connectivity index (χ0n) is 25.8. The van der Waals surface area contributed by atoms with Crippen molar-refractivity contribution in [3.8, 4) is 11.1 Å². The van der Waals surface area contributed by atoms with Gasteiger partial charge in [-0.25, -0.2) is 19.9 Å². The summed E-state index contributed by atoms with van der Waals surface area (Å²) in [4.78, 5) is 24.6. The molecule has 1 aliphatic heterocycles. The molecule has 1 unspecified atom stereocenters. The predicted octanol–water partition coefficient (Wildman–Crippen LogP) is 10.5. The largest absolute Gasteiger partial charge is 0.275 e. The summed E-state index contributed by atoms with van der Waals surface area (Å²) >= 11 is 0. The van der Waals surface area contributed by atoms with Gasteiger partial charge in [0.2, 0.25) is 11.9 Å². The third-order valence-electron chi connectivity index (χ3n) is 9.14. The van der Waals surface area contributed by atoms with Crippen molar-refractivity contribution in [1.29, 1.82) is 0 Å². The van der Waals surface area contributed by atoms with Gasteiger partial charge in [0.05, 0.1) is 33.8 Å². The zero-order chi connectivity index (χ0) is 31.3. The average molecular weight is 607 g/mol. The quantitative estimate of drug-likeness (QED) is 0.199. The van der Waals surface area contributed by atoms with E-state index in [9.17, 15) is 0 Å². The highest BCUT2D eigenvalue weighted by Crippen LogP contribution is 2.53. The molecule has 0 fully saturated rings. The average Bonchev–Trinajstić information content (AvgIpc) is 3.13. The lowest BCUT2D eigenvalue weighted by Gasteiger charge is -2.38. The monoisotopic (exact) mass is 606 g/mol. The maximum Gasteiger partial charge on any atom is 0.235 e. The van der Waals surface area contributed by atoms with E-state index in [1.54, 1.807) is 0 Å². The fourth-order valence-electron chi connectivity index (χ4n) is 6.81. The lowest BCUT2D eigenvalue weighted by atomic mass is 9.87. The van der Waals surface area contributed by atoms with Crippen LogP contribution in [-0.2, 0) is 0 Å². The van der Waals surface area contributed by atoms with Crippen LogP contribution in [0.3, 0.4) is 0 Å². The molecule has 3 heterocycles. The lowest BCUT2D eigenvalue weighted by molar-refractivity contribution is 0.849. The van der Waals surface area contributed by atoms with Crippen molar-refractivity contribution in [2.45, 2.75) is 19.3 Å². The summed E-state index contributed by atoms with van der Waals surface area (Å²) in [6.07, 6.45) is 11.7. The Bertz CT molecular complexity index is 2330. The smallest absolute Gasteiger partial charge is 0.235 e. The van der Waals surface area contributed by atoms with Gasteiger partial charge >= 0.3 is 0 Å². The molecule has 1 aliphatic carbocycles. The van der Waals surface area contributed by atoms with E-state index in [0.29, 0.717) is 11.9 Å². The molecule has 6 heteroatoms. The van der Waals surface area contributed by atoms with E-state index in [1.807, 2.05) is 42.7 Å². The van der Waals surface area contributed by atoms with Gasteiger partial charge in [-0.05, 0) is 60.4 Å². The van der Waals surface area contributed by atoms with E-state index in [1.165, 1.54) is 11.1 Å². The molecule has 0 N–H and O–H groups in total. The van der Waals surface area contributed by atoms with Crippen LogP contribution in [-0.4, -0.2) is 19.9 Å². The van der Waals surface area contributed by atoms with Crippen LogP contribution in [0, 0.1) is 0 Å². The predicted molar refractivity (Wildman–Crippen MR) is 191 cm³/mol. The summed E-state index contributed by atoms with van der Waals surface area (Å²) in [6.45, 7) is 2.15. The topological polar surface area (TPSA) is 58.0 Å². The Morgan fingerprint density at radius 1 is 0.617 bits per heavy atom. The summed E-state index contributed by atoms with van der Waals surface area (Å²) in [5.74, 6) is 1.47. The number of rotatable bonds is 4. The second kappa shape index (κ2) is 11.0. The first kappa shape index (κ1) is 27.2. The van der Waals surface area contributed by atoms with E-state index in [2.05, 4.69) is 120 Å². The summed E-state index contributed by atoms with van der Waals surface area (Å²) in [7, 11) is 0. The van der Waals surface area contributed by atoms with Gasteiger partial charge in [0, 0.05) is 29.1 Å². The molecular weight excluding hydrogens is 576 g/mol. The van der Waals surface area contributed by atoms with E-state index >= 15 is 0 Å². The fourth-order valence-corrected chi connectivity index (χ4v) is 6.81. The molecule has 9 rings (SSSR count). The van der Waals surface area contributed by atoms with Crippen LogP contribution in [0.5, 0.6) is 0 Å².